The molecule has 0 heterocycles. The lowest BCUT2D eigenvalue weighted by Gasteiger charge is -2.14. The summed E-state index contributed by atoms with van der Waals surface area (Å²) in [5.74, 6) is -0.0733. The number of fused-ring (bicyclic) bond motifs is 1. The zero-order valence-electron chi connectivity index (χ0n) is 11.3. The molecule has 0 aliphatic carbocycles. The van der Waals surface area contributed by atoms with Crippen LogP contribution in [0.1, 0.15) is 12.5 Å². The van der Waals surface area contributed by atoms with Crippen LogP contribution in [0.4, 0.5) is 0 Å². The lowest BCUT2D eigenvalue weighted by atomic mass is 10.0. The summed E-state index contributed by atoms with van der Waals surface area (Å²) in [6, 6.07) is 14.8. The summed E-state index contributed by atoms with van der Waals surface area (Å²) in [6.45, 7) is 2.12. The zero-order chi connectivity index (χ0) is 13.7. The molecule has 19 heavy (non-hydrogen) atoms. The number of hydrogen-bond acceptors (Lipinski definition) is 2. The van der Waals surface area contributed by atoms with Crippen LogP contribution in [0.2, 0.25) is 0 Å². The van der Waals surface area contributed by atoms with Crippen LogP contribution in [0.5, 0.6) is 0 Å². The number of hydrogen-bond donors (Lipinski definition) is 1. The Morgan fingerprint density at radius 2 is 1.95 bits per heavy atom. The molecular formula is C16H19NO2. The number of carbonyl (C=O) groups excluding carboxylic acids is 1. The molecule has 0 bridgehead atoms. The van der Waals surface area contributed by atoms with Gasteiger partial charge in [-0.3, -0.25) is 4.79 Å². The van der Waals surface area contributed by atoms with Crippen molar-refractivity contribution >= 4 is 16.7 Å². The predicted molar refractivity (Wildman–Crippen MR) is 77.1 cm³/mol. The third-order valence-corrected chi connectivity index (χ3v) is 3.04. The molecule has 1 N–H and O–H groups in total. The minimum absolute atomic E-state index is 0.0733. The van der Waals surface area contributed by atoms with E-state index in [-0.39, 0.29) is 18.6 Å². The van der Waals surface area contributed by atoms with E-state index in [0.29, 0.717) is 0 Å². The van der Waals surface area contributed by atoms with Crippen LogP contribution >= 0.6 is 0 Å². The van der Waals surface area contributed by atoms with Gasteiger partial charge in [-0.15, -0.1) is 0 Å². The number of benzene rings is 2. The maximum Gasteiger partial charge on any atom is 0.246 e. The first kappa shape index (κ1) is 13.6. The van der Waals surface area contributed by atoms with Crippen molar-refractivity contribution in [3.8, 4) is 0 Å². The first-order valence-corrected chi connectivity index (χ1v) is 6.45. The SMILES string of the molecule is COCC(=O)NC(C)Cc1ccc2ccccc2c1. The molecule has 0 aliphatic rings. The standard InChI is InChI=1S/C16H19NO2/c1-12(17-16(18)11-19-2)9-13-7-8-14-5-3-4-6-15(14)10-13/h3-8,10,12H,9,11H2,1-2H3,(H,17,18). The van der Waals surface area contributed by atoms with Crippen molar-refractivity contribution in [1.29, 1.82) is 0 Å². The van der Waals surface area contributed by atoms with E-state index < -0.39 is 0 Å². The van der Waals surface area contributed by atoms with Gasteiger partial charge in [0, 0.05) is 13.2 Å². The highest BCUT2D eigenvalue weighted by Crippen LogP contribution is 2.16. The van der Waals surface area contributed by atoms with Gasteiger partial charge < -0.3 is 10.1 Å². The molecule has 2 aromatic rings. The molecule has 1 atom stereocenters. The van der Waals surface area contributed by atoms with Crippen LogP contribution in [-0.2, 0) is 16.0 Å². The number of carbonyl (C=O) groups is 1. The normalized spacial score (nSPS) is 12.3. The van der Waals surface area contributed by atoms with E-state index in [1.807, 2.05) is 19.1 Å². The lowest BCUT2D eigenvalue weighted by molar-refractivity contribution is -0.125. The van der Waals surface area contributed by atoms with Gasteiger partial charge in [0.25, 0.3) is 0 Å². The fourth-order valence-electron chi connectivity index (χ4n) is 2.22. The van der Waals surface area contributed by atoms with E-state index in [0.717, 1.165) is 6.42 Å². The maximum absolute atomic E-state index is 11.4. The molecule has 1 unspecified atom stereocenters. The van der Waals surface area contributed by atoms with E-state index in [9.17, 15) is 4.79 Å². The summed E-state index contributed by atoms with van der Waals surface area (Å²) >= 11 is 0. The second-order valence-corrected chi connectivity index (χ2v) is 4.79. The quantitative estimate of drug-likeness (QED) is 0.894. The third-order valence-electron chi connectivity index (χ3n) is 3.04. The fourth-order valence-corrected chi connectivity index (χ4v) is 2.22. The maximum atomic E-state index is 11.4. The number of ether oxygens (including phenoxy) is 1. The Balaban J connectivity index is 2.02. The van der Waals surface area contributed by atoms with Gasteiger partial charge in [0.15, 0.2) is 0 Å². The summed E-state index contributed by atoms with van der Waals surface area (Å²) in [6.07, 6.45) is 0.820. The van der Waals surface area contributed by atoms with E-state index in [4.69, 9.17) is 4.74 Å². The van der Waals surface area contributed by atoms with E-state index >= 15 is 0 Å². The average molecular weight is 257 g/mol. The van der Waals surface area contributed by atoms with Gasteiger partial charge in [0.05, 0.1) is 0 Å². The fraction of sp³-hybridized carbons (Fsp3) is 0.312. The van der Waals surface area contributed by atoms with Crippen molar-refractivity contribution in [1.82, 2.24) is 5.32 Å². The van der Waals surface area contributed by atoms with E-state index in [1.54, 1.807) is 0 Å². The van der Waals surface area contributed by atoms with Gasteiger partial charge in [-0.2, -0.15) is 0 Å². The molecule has 1 amide bonds. The van der Waals surface area contributed by atoms with Crippen LogP contribution in [0, 0.1) is 0 Å². The number of methoxy groups -OCH3 is 1. The molecule has 0 aromatic heterocycles. The summed E-state index contributed by atoms with van der Waals surface area (Å²) in [5.41, 5.74) is 1.23. The molecule has 100 valence electrons. The number of nitrogens with one attached hydrogen (secondary N) is 1. The van der Waals surface area contributed by atoms with Gasteiger partial charge in [0.2, 0.25) is 5.91 Å². The van der Waals surface area contributed by atoms with Crippen molar-refractivity contribution in [2.75, 3.05) is 13.7 Å². The van der Waals surface area contributed by atoms with Gasteiger partial charge in [-0.1, -0.05) is 42.5 Å². The molecule has 2 aromatic carbocycles. The molecule has 2 rings (SSSR count). The monoisotopic (exact) mass is 257 g/mol. The minimum atomic E-state index is -0.0733. The van der Waals surface area contributed by atoms with Gasteiger partial charge in [-0.05, 0) is 29.7 Å². The molecule has 0 fully saturated rings. The average Bonchev–Trinajstić information content (AvgIpc) is 2.38. The minimum Gasteiger partial charge on any atom is -0.375 e. The molecular weight excluding hydrogens is 238 g/mol. The molecule has 0 saturated heterocycles. The Morgan fingerprint density at radius 3 is 2.68 bits per heavy atom. The smallest absolute Gasteiger partial charge is 0.246 e. The van der Waals surface area contributed by atoms with Gasteiger partial charge in [-0.25, -0.2) is 0 Å². The summed E-state index contributed by atoms with van der Waals surface area (Å²) in [7, 11) is 1.52. The van der Waals surface area contributed by atoms with E-state index in [2.05, 4.69) is 35.6 Å². The Bertz CT molecular complexity index is 565. The molecule has 0 radical (unpaired) electrons. The van der Waals surface area contributed by atoms with Crippen molar-refractivity contribution in [3.05, 3.63) is 48.0 Å². The van der Waals surface area contributed by atoms with Gasteiger partial charge >= 0.3 is 0 Å². The van der Waals surface area contributed by atoms with Crippen LogP contribution in [-0.4, -0.2) is 25.7 Å². The van der Waals surface area contributed by atoms with Crippen LogP contribution in [0.25, 0.3) is 10.8 Å². The number of amides is 1. The number of rotatable bonds is 5. The Labute approximate surface area is 113 Å². The highest BCUT2D eigenvalue weighted by molar-refractivity contribution is 5.83. The lowest BCUT2D eigenvalue weighted by Crippen LogP contribution is -2.36. The third kappa shape index (κ3) is 3.80. The zero-order valence-corrected chi connectivity index (χ0v) is 11.3. The van der Waals surface area contributed by atoms with Crippen LogP contribution < -0.4 is 5.32 Å². The van der Waals surface area contributed by atoms with Crippen molar-refractivity contribution in [2.45, 2.75) is 19.4 Å². The molecule has 3 heteroatoms. The van der Waals surface area contributed by atoms with Crippen molar-refractivity contribution < 1.29 is 9.53 Å². The molecule has 3 nitrogen and oxygen atoms in total. The van der Waals surface area contributed by atoms with Crippen molar-refractivity contribution in [3.63, 3.8) is 0 Å². The van der Waals surface area contributed by atoms with Crippen LogP contribution in [0.3, 0.4) is 0 Å². The van der Waals surface area contributed by atoms with Crippen LogP contribution in [0.15, 0.2) is 42.5 Å². The first-order valence-electron chi connectivity index (χ1n) is 6.45. The second kappa shape index (κ2) is 6.34. The van der Waals surface area contributed by atoms with Crippen molar-refractivity contribution in [2.24, 2.45) is 0 Å². The van der Waals surface area contributed by atoms with Gasteiger partial charge in [0.1, 0.15) is 6.61 Å². The molecule has 0 saturated carbocycles. The summed E-state index contributed by atoms with van der Waals surface area (Å²) in [5, 5.41) is 5.38. The second-order valence-electron chi connectivity index (χ2n) is 4.79. The highest BCUT2D eigenvalue weighted by atomic mass is 16.5. The Kier molecular flexibility index (Phi) is 4.53. The molecule has 0 spiro atoms. The highest BCUT2D eigenvalue weighted by Gasteiger charge is 2.08. The summed E-state index contributed by atoms with van der Waals surface area (Å²) in [4.78, 5) is 11.4. The largest absolute Gasteiger partial charge is 0.375 e. The molecule has 0 aliphatic heterocycles. The Morgan fingerprint density at radius 1 is 1.21 bits per heavy atom. The predicted octanol–water partition coefficient (Wildman–Crippen LogP) is 2.53. The summed E-state index contributed by atoms with van der Waals surface area (Å²) < 4.78 is 4.80. The topological polar surface area (TPSA) is 38.3 Å². The van der Waals surface area contributed by atoms with E-state index in [1.165, 1.54) is 23.4 Å². The first-order chi connectivity index (χ1) is 9.19. The Hall–Kier alpha value is -1.87.